The summed E-state index contributed by atoms with van der Waals surface area (Å²) >= 11 is 5.73. The van der Waals surface area contributed by atoms with Gasteiger partial charge in [0.2, 0.25) is 0 Å². The Morgan fingerprint density at radius 3 is 2.30 bits per heavy atom. The Hall–Kier alpha value is -2.08. The maximum Gasteiger partial charge on any atom is 0.407 e. The van der Waals surface area contributed by atoms with Crippen LogP contribution in [0.2, 0.25) is 5.02 Å². The molecule has 1 aromatic carbocycles. The molecule has 0 aliphatic carbocycles. The molecule has 0 saturated heterocycles. The van der Waals surface area contributed by atoms with Crippen LogP contribution in [0, 0.1) is 0 Å². The molecule has 23 heavy (non-hydrogen) atoms. The molecule has 0 aliphatic heterocycles. The van der Waals surface area contributed by atoms with Gasteiger partial charge in [-0.1, -0.05) is 11.6 Å². The van der Waals surface area contributed by atoms with Gasteiger partial charge in [-0.15, -0.1) is 0 Å². The molecule has 1 aromatic rings. The monoisotopic (exact) mass is 341 g/mol. The minimum atomic E-state index is -0.609. The first-order valence-electron chi connectivity index (χ1n) is 7.08. The summed E-state index contributed by atoms with van der Waals surface area (Å²) in [5, 5.41) is 2.95. The smallest absolute Gasteiger partial charge is 0.407 e. The highest BCUT2D eigenvalue weighted by atomic mass is 35.5. The van der Waals surface area contributed by atoms with Crippen molar-refractivity contribution < 1.29 is 23.9 Å². The van der Waals surface area contributed by atoms with Crippen molar-refractivity contribution in [1.29, 1.82) is 0 Å². The number of hydrogen-bond donors (Lipinski definition) is 1. The summed E-state index contributed by atoms with van der Waals surface area (Å²) in [6, 6.07) is 6.29. The summed E-state index contributed by atoms with van der Waals surface area (Å²) < 4.78 is 9.88. The molecule has 7 heteroatoms. The zero-order chi connectivity index (χ0) is 17.5. The van der Waals surface area contributed by atoms with E-state index in [9.17, 15) is 14.4 Å². The van der Waals surface area contributed by atoms with Crippen molar-refractivity contribution in [3.8, 4) is 0 Å². The zero-order valence-corrected chi connectivity index (χ0v) is 14.1. The van der Waals surface area contributed by atoms with Gasteiger partial charge in [0, 0.05) is 17.1 Å². The standard InChI is InChI=1S/C16H20ClNO5/c1-16(2,3)23-15(21)18-9-8-14(20)22-10-13(19)11-4-6-12(17)7-5-11/h4-7H,8-10H2,1-3H3,(H,18,21). The van der Waals surface area contributed by atoms with Crippen LogP contribution in [-0.4, -0.2) is 36.6 Å². The number of nitrogens with one attached hydrogen (secondary N) is 1. The third-order valence-electron chi connectivity index (χ3n) is 2.53. The van der Waals surface area contributed by atoms with Gasteiger partial charge in [0.1, 0.15) is 5.60 Å². The lowest BCUT2D eigenvalue weighted by atomic mass is 10.1. The van der Waals surface area contributed by atoms with Gasteiger partial charge in [-0.3, -0.25) is 9.59 Å². The van der Waals surface area contributed by atoms with Gasteiger partial charge >= 0.3 is 12.1 Å². The van der Waals surface area contributed by atoms with E-state index in [1.165, 1.54) is 0 Å². The Morgan fingerprint density at radius 2 is 1.74 bits per heavy atom. The number of hydrogen-bond acceptors (Lipinski definition) is 5. The number of carbonyl (C=O) groups is 3. The molecule has 0 aromatic heterocycles. The summed E-state index contributed by atoms with van der Waals surface area (Å²) in [6.07, 6.45) is -0.657. The van der Waals surface area contributed by atoms with Crippen molar-refractivity contribution in [1.82, 2.24) is 5.32 Å². The van der Waals surface area contributed by atoms with Crippen molar-refractivity contribution in [3.05, 3.63) is 34.9 Å². The maximum absolute atomic E-state index is 11.8. The number of rotatable bonds is 6. The highest BCUT2D eigenvalue weighted by molar-refractivity contribution is 6.30. The highest BCUT2D eigenvalue weighted by Crippen LogP contribution is 2.10. The molecular formula is C16H20ClNO5. The number of amides is 1. The van der Waals surface area contributed by atoms with Gasteiger partial charge < -0.3 is 14.8 Å². The van der Waals surface area contributed by atoms with E-state index in [1.54, 1.807) is 45.0 Å². The van der Waals surface area contributed by atoms with Crippen molar-refractivity contribution in [2.24, 2.45) is 0 Å². The van der Waals surface area contributed by atoms with Crippen LogP contribution in [0.3, 0.4) is 0 Å². The zero-order valence-electron chi connectivity index (χ0n) is 13.3. The normalized spacial score (nSPS) is 10.8. The number of carbonyl (C=O) groups excluding carboxylic acids is 3. The minimum Gasteiger partial charge on any atom is -0.457 e. The van der Waals surface area contributed by atoms with Crippen LogP contribution in [0.25, 0.3) is 0 Å². The molecule has 1 rings (SSSR count). The molecule has 1 amide bonds. The minimum absolute atomic E-state index is 0.0485. The number of benzene rings is 1. The summed E-state index contributed by atoms with van der Waals surface area (Å²) in [7, 11) is 0. The molecule has 0 heterocycles. The van der Waals surface area contributed by atoms with Crippen molar-refractivity contribution in [2.75, 3.05) is 13.2 Å². The molecular weight excluding hydrogens is 322 g/mol. The molecule has 6 nitrogen and oxygen atoms in total. The lowest BCUT2D eigenvalue weighted by Crippen LogP contribution is -2.33. The largest absolute Gasteiger partial charge is 0.457 e. The maximum atomic E-state index is 11.8. The van der Waals surface area contributed by atoms with Gasteiger partial charge in [0.25, 0.3) is 0 Å². The molecule has 0 unspecified atom stereocenters. The Kier molecular flexibility index (Phi) is 7.03. The first kappa shape index (κ1) is 19.0. The fraction of sp³-hybridized carbons (Fsp3) is 0.438. The molecule has 1 N–H and O–H groups in total. The Bertz CT molecular complexity index is 563. The molecule has 0 spiro atoms. The van der Waals surface area contributed by atoms with E-state index in [1.807, 2.05) is 0 Å². The predicted octanol–water partition coefficient (Wildman–Crippen LogP) is 2.98. The molecule has 0 radical (unpaired) electrons. The lowest BCUT2D eigenvalue weighted by molar-refractivity contribution is -0.142. The SMILES string of the molecule is CC(C)(C)OC(=O)NCCC(=O)OCC(=O)c1ccc(Cl)cc1. The Balaban J connectivity index is 2.25. The molecule has 0 atom stereocenters. The number of alkyl carbamates (subject to hydrolysis) is 1. The van der Waals surface area contributed by atoms with Crippen molar-refractivity contribution >= 4 is 29.4 Å². The van der Waals surface area contributed by atoms with Crippen molar-refractivity contribution in [2.45, 2.75) is 32.8 Å². The number of halogens is 1. The third-order valence-corrected chi connectivity index (χ3v) is 2.78. The Labute approximate surface area is 140 Å². The van der Waals surface area contributed by atoms with E-state index >= 15 is 0 Å². The van der Waals surface area contributed by atoms with Gasteiger partial charge in [-0.2, -0.15) is 0 Å². The lowest BCUT2D eigenvalue weighted by Gasteiger charge is -2.19. The van der Waals surface area contributed by atoms with Crippen LogP contribution in [-0.2, 0) is 14.3 Å². The number of ether oxygens (including phenoxy) is 2. The summed E-state index contributed by atoms with van der Waals surface area (Å²) in [5.41, 5.74) is -0.190. The van der Waals surface area contributed by atoms with Crippen LogP contribution in [0.4, 0.5) is 4.79 Å². The third kappa shape index (κ3) is 8.21. The van der Waals surface area contributed by atoms with E-state index in [2.05, 4.69) is 5.32 Å². The van der Waals surface area contributed by atoms with Gasteiger partial charge in [-0.05, 0) is 45.0 Å². The topological polar surface area (TPSA) is 81.7 Å². The van der Waals surface area contributed by atoms with Gasteiger partial charge in [-0.25, -0.2) is 4.79 Å². The molecule has 0 bridgehead atoms. The average Bonchev–Trinajstić information content (AvgIpc) is 2.43. The number of esters is 1. The second kappa shape index (κ2) is 8.53. The quantitative estimate of drug-likeness (QED) is 0.635. The fourth-order valence-corrected chi connectivity index (χ4v) is 1.64. The van der Waals surface area contributed by atoms with Crippen molar-refractivity contribution in [3.63, 3.8) is 0 Å². The second-order valence-corrected chi connectivity index (χ2v) is 6.21. The van der Waals surface area contributed by atoms with Gasteiger partial charge in [0.15, 0.2) is 12.4 Å². The molecule has 0 fully saturated rings. The Morgan fingerprint density at radius 1 is 1.13 bits per heavy atom. The van der Waals surface area contributed by atoms with Crippen LogP contribution in [0.1, 0.15) is 37.6 Å². The molecule has 0 aliphatic rings. The second-order valence-electron chi connectivity index (χ2n) is 5.77. The van der Waals surface area contributed by atoms with E-state index in [4.69, 9.17) is 21.1 Å². The number of Topliss-reactive ketones (excluding diaryl/α,β-unsaturated/α-hetero) is 1. The van der Waals surface area contributed by atoms with E-state index in [0.717, 1.165) is 0 Å². The first-order chi connectivity index (χ1) is 10.7. The first-order valence-corrected chi connectivity index (χ1v) is 7.46. The molecule has 0 saturated carbocycles. The van der Waals surface area contributed by atoms with Crippen LogP contribution in [0.5, 0.6) is 0 Å². The fourth-order valence-electron chi connectivity index (χ4n) is 1.52. The summed E-state index contributed by atoms with van der Waals surface area (Å²) in [5.74, 6) is -0.904. The van der Waals surface area contributed by atoms with Crippen LogP contribution < -0.4 is 5.32 Å². The molecule has 126 valence electrons. The summed E-state index contributed by atoms with van der Waals surface area (Å²) in [6.45, 7) is 4.94. The summed E-state index contributed by atoms with van der Waals surface area (Å²) in [4.78, 5) is 34.7. The predicted molar refractivity (Wildman–Crippen MR) is 85.6 cm³/mol. The van der Waals surface area contributed by atoms with E-state index in [0.29, 0.717) is 10.6 Å². The average molecular weight is 342 g/mol. The van der Waals surface area contributed by atoms with E-state index in [-0.39, 0.29) is 25.4 Å². The number of ketones is 1. The van der Waals surface area contributed by atoms with Crippen LogP contribution in [0.15, 0.2) is 24.3 Å². The van der Waals surface area contributed by atoms with E-state index < -0.39 is 17.7 Å². The highest BCUT2D eigenvalue weighted by Gasteiger charge is 2.16. The van der Waals surface area contributed by atoms with Crippen LogP contribution >= 0.6 is 11.6 Å². The van der Waals surface area contributed by atoms with Gasteiger partial charge in [0.05, 0.1) is 6.42 Å².